The summed E-state index contributed by atoms with van der Waals surface area (Å²) in [6, 6.07) is 13.6. The lowest BCUT2D eigenvalue weighted by atomic mass is 10.2. The number of halogens is 2. The molecule has 21 heavy (non-hydrogen) atoms. The van der Waals surface area contributed by atoms with Crippen molar-refractivity contribution < 1.29 is 9.18 Å². The Morgan fingerprint density at radius 2 is 1.90 bits per heavy atom. The molecule has 5 heteroatoms. The van der Waals surface area contributed by atoms with Crippen LogP contribution in [0.2, 0.25) is 5.02 Å². The first kappa shape index (κ1) is 15.9. The third-order valence-corrected chi connectivity index (χ3v) is 4.51. The van der Waals surface area contributed by atoms with Crippen LogP contribution in [-0.4, -0.2) is 11.2 Å². The lowest BCUT2D eigenvalue weighted by molar-refractivity contribution is -0.115. The van der Waals surface area contributed by atoms with E-state index in [1.807, 2.05) is 24.3 Å². The fourth-order valence-electron chi connectivity index (χ4n) is 1.70. The fraction of sp³-hybridized carbons (Fsp3) is 0.188. The van der Waals surface area contributed by atoms with Gasteiger partial charge in [0.1, 0.15) is 5.82 Å². The van der Waals surface area contributed by atoms with Crippen LogP contribution in [0.1, 0.15) is 12.5 Å². The molecule has 1 atom stereocenters. The van der Waals surface area contributed by atoms with E-state index in [2.05, 4.69) is 5.32 Å². The van der Waals surface area contributed by atoms with E-state index in [-0.39, 0.29) is 16.8 Å². The Balaban J connectivity index is 1.91. The second-order valence-electron chi connectivity index (χ2n) is 4.51. The van der Waals surface area contributed by atoms with Crippen LogP contribution in [0.5, 0.6) is 0 Å². The molecule has 2 nitrogen and oxygen atoms in total. The van der Waals surface area contributed by atoms with E-state index in [1.165, 1.54) is 17.8 Å². The number of thioether (sulfide) groups is 1. The summed E-state index contributed by atoms with van der Waals surface area (Å²) in [7, 11) is 0. The molecular formula is C16H15ClFNOS. The lowest BCUT2D eigenvalue weighted by Crippen LogP contribution is -2.23. The number of anilines is 1. The van der Waals surface area contributed by atoms with E-state index in [0.717, 1.165) is 5.56 Å². The summed E-state index contributed by atoms with van der Waals surface area (Å²) in [5.41, 5.74) is 1.18. The van der Waals surface area contributed by atoms with Gasteiger partial charge in [-0.15, -0.1) is 11.8 Å². The molecule has 1 N–H and O–H groups in total. The van der Waals surface area contributed by atoms with Crippen LogP contribution in [0.3, 0.4) is 0 Å². The fourth-order valence-corrected chi connectivity index (χ4v) is 2.88. The van der Waals surface area contributed by atoms with Crippen LogP contribution in [-0.2, 0) is 10.5 Å². The van der Waals surface area contributed by atoms with Gasteiger partial charge in [0.2, 0.25) is 5.91 Å². The highest BCUT2D eigenvalue weighted by atomic mass is 35.5. The molecule has 0 heterocycles. The van der Waals surface area contributed by atoms with Gasteiger partial charge in [-0.05, 0) is 30.7 Å². The molecule has 0 aliphatic rings. The van der Waals surface area contributed by atoms with Gasteiger partial charge in [0, 0.05) is 10.8 Å². The summed E-state index contributed by atoms with van der Waals surface area (Å²) in [6.45, 7) is 1.79. The highest BCUT2D eigenvalue weighted by Crippen LogP contribution is 2.24. The topological polar surface area (TPSA) is 29.1 Å². The summed E-state index contributed by atoms with van der Waals surface area (Å²) < 4.78 is 13.5. The standard InChI is InChI=1S/C16H15ClFNOS/c1-11(21-10-12-6-2-3-7-13(12)17)16(20)19-15-9-5-4-8-14(15)18/h2-9,11H,10H2,1H3,(H,19,20). The molecule has 0 radical (unpaired) electrons. The lowest BCUT2D eigenvalue weighted by Gasteiger charge is -2.13. The van der Waals surface area contributed by atoms with Crippen molar-refractivity contribution in [2.45, 2.75) is 17.9 Å². The van der Waals surface area contributed by atoms with E-state index >= 15 is 0 Å². The average molecular weight is 324 g/mol. The van der Waals surface area contributed by atoms with Gasteiger partial charge in [-0.2, -0.15) is 0 Å². The smallest absolute Gasteiger partial charge is 0.237 e. The number of rotatable bonds is 5. The van der Waals surface area contributed by atoms with Crippen LogP contribution < -0.4 is 5.32 Å². The zero-order chi connectivity index (χ0) is 15.2. The van der Waals surface area contributed by atoms with Gasteiger partial charge in [0.15, 0.2) is 0 Å². The average Bonchev–Trinajstić information content (AvgIpc) is 2.48. The molecule has 0 aliphatic heterocycles. The molecule has 0 spiro atoms. The second kappa shape index (κ2) is 7.48. The van der Waals surface area contributed by atoms with Gasteiger partial charge >= 0.3 is 0 Å². The number of para-hydroxylation sites is 1. The SMILES string of the molecule is CC(SCc1ccccc1Cl)C(=O)Nc1ccccc1F. The van der Waals surface area contributed by atoms with Crippen molar-refractivity contribution in [3.63, 3.8) is 0 Å². The highest BCUT2D eigenvalue weighted by Gasteiger charge is 2.15. The molecule has 110 valence electrons. The zero-order valence-electron chi connectivity index (χ0n) is 11.5. The Kier molecular flexibility index (Phi) is 5.65. The first-order valence-electron chi connectivity index (χ1n) is 6.48. The van der Waals surface area contributed by atoms with Crippen LogP contribution in [0.4, 0.5) is 10.1 Å². The summed E-state index contributed by atoms with van der Waals surface area (Å²) >= 11 is 7.53. The van der Waals surface area contributed by atoms with Crippen molar-refractivity contribution in [1.82, 2.24) is 0 Å². The van der Waals surface area contributed by atoms with Crippen LogP contribution in [0.25, 0.3) is 0 Å². The molecule has 0 fully saturated rings. The first-order valence-corrected chi connectivity index (χ1v) is 7.91. The largest absolute Gasteiger partial charge is 0.323 e. The number of carbonyl (C=O) groups excluding carboxylic acids is 1. The minimum atomic E-state index is -0.436. The third-order valence-electron chi connectivity index (χ3n) is 2.95. The Hall–Kier alpha value is -1.52. The number of carbonyl (C=O) groups is 1. The van der Waals surface area contributed by atoms with Gasteiger partial charge in [-0.25, -0.2) is 4.39 Å². The summed E-state index contributed by atoms with van der Waals surface area (Å²) in [6.07, 6.45) is 0. The van der Waals surface area contributed by atoms with Gasteiger partial charge in [0.25, 0.3) is 0 Å². The maximum Gasteiger partial charge on any atom is 0.237 e. The molecule has 2 aromatic carbocycles. The Morgan fingerprint density at radius 1 is 1.24 bits per heavy atom. The van der Waals surface area contributed by atoms with Crippen molar-refractivity contribution in [2.75, 3.05) is 5.32 Å². The summed E-state index contributed by atoms with van der Waals surface area (Å²) in [4.78, 5) is 12.0. The number of hydrogen-bond donors (Lipinski definition) is 1. The number of benzene rings is 2. The molecule has 1 unspecified atom stereocenters. The molecule has 2 aromatic rings. The van der Waals surface area contributed by atoms with E-state index in [1.54, 1.807) is 25.1 Å². The summed E-state index contributed by atoms with van der Waals surface area (Å²) in [5, 5.41) is 2.98. The van der Waals surface area contributed by atoms with Crippen LogP contribution in [0.15, 0.2) is 48.5 Å². The number of hydrogen-bond acceptors (Lipinski definition) is 2. The quantitative estimate of drug-likeness (QED) is 0.861. The predicted octanol–water partition coefficient (Wildman–Crippen LogP) is 4.74. The van der Waals surface area contributed by atoms with Crippen LogP contribution >= 0.6 is 23.4 Å². The van der Waals surface area contributed by atoms with Crippen molar-refractivity contribution >= 4 is 35.0 Å². The molecule has 0 saturated carbocycles. The zero-order valence-corrected chi connectivity index (χ0v) is 13.0. The molecule has 1 amide bonds. The van der Waals surface area contributed by atoms with Crippen LogP contribution in [0, 0.1) is 5.82 Å². The van der Waals surface area contributed by atoms with E-state index in [0.29, 0.717) is 10.8 Å². The Labute approximate surface area is 132 Å². The molecule has 0 aromatic heterocycles. The molecule has 2 rings (SSSR count). The van der Waals surface area contributed by atoms with Gasteiger partial charge in [-0.1, -0.05) is 41.9 Å². The monoisotopic (exact) mass is 323 g/mol. The first-order chi connectivity index (χ1) is 10.1. The van der Waals surface area contributed by atoms with Crippen molar-refractivity contribution in [3.05, 3.63) is 64.9 Å². The van der Waals surface area contributed by atoms with Gasteiger partial charge in [-0.3, -0.25) is 4.79 Å². The minimum Gasteiger partial charge on any atom is -0.323 e. The second-order valence-corrected chi connectivity index (χ2v) is 6.25. The van der Waals surface area contributed by atoms with E-state index in [4.69, 9.17) is 11.6 Å². The minimum absolute atomic E-state index is 0.202. The summed E-state index contributed by atoms with van der Waals surface area (Å²) in [5.74, 6) is -0.0303. The maximum absolute atomic E-state index is 13.5. The Bertz CT molecular complexity index is 635. The van der Waals surface area contributed by atoms with Crippen molar-refractivity contribution in [3.8, 4) is 0 Å². The van der Waals surface area contributed by atoms with Gasteiger partial charge < -0.3 is 5.32 Å². The van der Waals surface area contributed by atoms with E-state index in [9.17, 15) is 9.18 Å². The normalized spacial score (nSPS) is 12.0. The molecule has 0 aliphatic carbocycles. The van der Waals surface area contributed by atoms with Crippen molar-refractivity contribution in [1.29, 1.82) is 0 Å². The molecule has 0 bridgehead atoms. The highest BCUT2D eigenvalue weighted by molar-refractivity contribution is 7.99. The van der Waals surface area contributed by atoms with Crippen molar-refractivity contribution in [2.24, 2.45) is 0 Å². The maximum atomic E-state index is 13.5. The molecule has 0 saturated heterocycles. The molecular weight excluding hydrogens is 309 g/mol. The third kappa shape index (κ3) is 4.48. The predicted molar refractivity (Wildman–Crippen MR) is 87.2 cm³/mol. The Morgan fingerprint density at radius 3 is 2.62 bits per heavy atom. The number of nitrogens with one attached hydrogen (secondary N) is 1. The van der Waals surface area contributed by atoms with E-state index < -0.39 is 5.82 Å². The number of amides is 1. The van der Waals surface area contributed by atoms with Gasteiger partial charge in [0.05, 0.1) is 10.9 Å².